The number of carbonyl (C=O) groups is 1. The summed E-state index contributed by atoms with van der Waals surface area (Å²) in [6, 6.07) is 0. The van der Waals surface area contributed by atoms with E-state index in [0.717, 1.165) is 37.7 Å². The van der Waals surface area contributed by atoms with Crippen molar-refractivity contribution in [2.24, 2.45) is 17.3 Å². The van der Waals surface area contributed by atoms with E-state index in [-0.39, 0.29) is 23.4 Å². The Labute approximate surface area is 129 Å². The fourth-order valence-corrected chi connectivity index (χ4v) is 3.83. The van der Waals surface area contributed by atoms with E-state index in [4.69, 9.17) is 4.74 Å². The molecule has 1 fully saturated rings. The van der Waals surface area contributed by atoms with Gasteiger partial charge in [0.15, 0.2) is 0 Å². The van der Waals surface area contributed by atoms with Crippen LogP contribution in [-0.2, 0) is 9.53 Å². The summed E-state index contributed by atoms with van der Waals surface area (Å²) in [5.41, 5.74) is 1.04. The van der Waals surface area contributed by atoms with Crippen molar-refractivity contribution in [3.63, 3.8) is 0 Å². The van der Waals surface area contributed by atoms with Gasteiger partial charge >= 0.3 is 5.97 Å². The highest BCUT2D eigenvalue weighted by atomic mass is 16.5. The van der Waals surface area contributed by atoms with E-state index in [0.29, 0.717) is 18.9 Å². The Morgan fingerprint density at radius 1 is 1.48 bits per heavy atom. The molecule has 0 aromatic carbocycles. The van der Waals surface area contributed by atoms with Gasteiger partial charge in [-0.3, -0.25) is 4.79 Å². The van der Waals surface area contributed by atoms with Crippen LogP contribution >= 0.6 is 0 Å². The van der Waals surface area contributed by atoms with Gasteiger partial charge in [-0.1, -0.05) is 25.8 Å². The maximum Gasteiger partial charge on any atom is 0.306 e. The molecule has 1 aliphatic carbocycles. The summed E-state index contributed by atoms with van der Waals surface area (Å²) >= 11 is 0. The van der Waals surface area contributed by atoms with Crippen molar-refractivity contribution in [2.45, 2.75) is 72.3 Å². The highest BCUT2D eigenvalue weighted by Crippen LogP contribution is 2.49. The lowest BCUT2D eigenvalue weighted by atomic mass is 9.59. The first-order chi connectivity index (χ1) is 9.81. The zero-order chi connectivity index (χ0) is 16.0. The summed E-state index contributed by atoms with van der Waals surface area (Å²) in [6.45, 7) is 12.6. The SMILES string of the molecule is C=C(C)CC[C@@]1(C)C(C(C)CC(=O)OCC)CCC[C@@H]1O. The van der Waals surface area contributed by atoms with E-state index in [1.165, 1.54) is 0 Å². The van der Waals surface area contributed by atoms with Crippen LogP contribution in [-0.4, -0.2) is 23.8 Å². The maximum absolute atomic E-state index is 11.8. The number of hydrogen-bond acceptors (Lipinski definition) is 3. The highest BCUT2D eigenvalue weighted by Gasteiger charge is 2.45. The first-order valence-electron chi connectivity index (χ1n) is 8.29. The Balaban J connectivity index is 2.79. The largest absolute Gasteiger partial charge is 0.466 e. The first kappa shape index (κ1) is 18.2. The van der Waals surface area contributed by atoms with Crippen LogP contribution in [0.25, 0.3) is 0 Å². The number of carbonyl (C=O) groups excluding carboxylic acids is 1. The molecular weight excluding hydrogens is 264 g/mol. The van der Waals surface area contributed by atoms with Crippen molar-refractivity contribution in [3.05, 3.63) is 12.2 Å². The second kappa shape index (κ2) is 7.98. The van der Waals surface area contributed by atoms with Crippen molar-refractivity contribution in [1.29, 1.82) is 0 Å². The predicted octanol–water partition coefficient (Wildman–Crippen LogP) is 4.10. The normalized spacial score (nSPS) is 30.7. The van der Waals surface area contributed by atoms with E-state index in [9.17, 15) is 9.90 Å². The molecule has 0 aromatic heterocycles. The molecule has 0 saturated heterocycles. The number of allylic oxidation sites excluding steroid dienone is 1. The number of rotatable bonds is 7. The van der Waals surface area contributed by atoms with E-state index in [1.807, 2.05) is 13.8 Å². The van der Waals surface area contributed by atoms with Gasteiger partial charge in [0.05, 0.1) is 12.7 Å². The molecule has 0 spiro atoms. The summed E-state index contributed by atoms with van der Waals surface area (Å²) in [5, 5.41) is 10.6. The summed E-state index contributed by atoms with van der Waals surface area (Å²) in [5.74, 6) is 0.492. The topological polar surface area (TPSA) is 46.5 Å². The third-order valence-electron chi connectivity index (χ3n) is 5.17. The van der Waals surface area contributed by atoms with Crippen molar-refractivity contribution >= 4 is 5.97 Å². The zero-order valence-corrected chi connectivity index (χ0v) is 14.2. The lowest BCUT2D eigenvalue weighted by molar-refractivity contribution is -0.146. The molecule has 0 amide bonds. The molecule has 3 nitrogen and oxygen atoms in total. The quantitative estimate of drug-likeness (QED) is 0.568. The number of hydrogen-bond donors (Lipinski definition) is 1. The number of ether oxygens (including phenoxy) is 1. The van der Waals surface area contributed by atoms with Crippen molar-refractivity contribution < 1.29 is 14.6 Å². The molecule has 3 heteroatoms. The Hall–Kier alpha value is -0.830. The summed E-state index contributed by atoms with van der Waals surface area (Å²) < 4.78 is 5.08. The van der Waals surface area contributed by atoms with Gasteiger partial charge in [0.25, 0.3) is 0 Å². The molecule has 1 rings (SSSR count). The van der Waals surface area contributed by atoms with Gasteiger partial charge in [0.1, 0.15) is 0 Å². The van der Waals surface area contributed by atoms with Gasteiger partial charge in [-0.05, 0) is 56.8 Å². The van der Waals surface area contributed by atoms with E-state index in [2.05, 4.69) is 20.4 Å². The van der Waals surface area contributed by atoms with Crippen LogP contribution in [0.4, 0.5) is 0 Å². The monoisotopic (exact) mass is 296 g/mol. The second-order valence-corrected chi connectivity index (χ2v) is 7.00. The maximum atomic E-state index is 11.8. The molecule has 0 aromatic rings. The molecule has 21 heavy (non-hydrogen) atoms. The zero-order valence-electron chi connectivity index (χ0n) is 14.2. The molecule has 1 aliphatic rings. The minimum absolute atomic E-state index is 0.118. The Morgan fingerprint density at radius 2 is 2.14 bits per heavy atom. The van der Waals surface area contributed by atoms with E-state index < -0.39 is 0 Å². The van der Waals surface area contributed by atoms with Crippen LogP contribution in [0.2, 0.25) is 0 Å². The third-order valence-corrected chi connectivity index (χ3v) is 5.17. The minimum atomic E-state index is -0.278. The van der Waals surface area contributed by atoms with Crippen molar-refractivity contribution in [1.82, 2.24) is 0 Å². The molecule has 1 N–H and O–H groups in total. The lowest BCUT2D eigenvalue weighted by Crippen LogP contribution is -2.45. The van der Waals surface area contributed by atoms with E-state index in [1.54, 1.807) is 0 Å². The molecule has 1 saturated carbocycles. The molecule has 0 heterocycles. The Morgan fingerprint density at radius 3 is 2.71 bits per heavy atom. The number of aliphatic hydroxyl groups is 1. The average Bonchev–Trinajstić information content (AvgIpc) is 2.40. The van der Waals surface area contributed by atoms with Crippen LogP contribution in [0.5, 0.6) is 0 Å². The van der Waals surface area contributed by atoms with Crippen LogP contribution in [0.3, 0.4) is 0 Å². The summed E-state index contributed by atoms with van der Waals surface area (Å²) in [4.78, 5) is 11.8. The molecule has 2 unspecified atom stereocenters. The van der Waals surface area contributed by atoms with Gasteiger partial charge < -0.3 is 9.84 Å². The molecular formula is C18H32O3. The molecule has 0 radical (unpaired) electrons. The van der Waals surface area contributed by atoms with Gasteiger partial charge in [0, 0.05) is 6.42 Å². The van der Waals surface area contributed by atoms with Gasteiger partial charge in [-0.2, -0.15) is 0 Å². The Bertz CT molecular complexity index is 363. The Kier molecular flexibility index (Phi) is 6.92. The van der Waals surface area contributed by atoms with Crippen molar-refractivity contribution in [3.8, 4) is 0 Å². The van der Waals surface area contributed by atoms with Gasteiger partial charge in [0.2, 0.25) is 0 Å². The van der Waals surface area contributed by atoms with E-state index >= 15 is 0 Å². The lowest BCUT2D eigenvalue weighted by Gasteiger charge is -2.48. The molecule has 122 valence electrons. The van der Waals surface area contributed by atoms with Crippen LogP contribution in [0.1, 0.15) is 66.2 Å². The average molecular weight is 296 g/mol. The third kappa shape index (κ3) is 4.84. The highest BCUT2D eigenvalue weighted by molar-refractivity contribution is 5.69. The minimum Gasteiger partial charge on any atom is -0.466 e. The van der Waals surface area contributed by atoms with Crippen molar-refractivity contribution in [2.75, 3.05) is 6.61 Å². The molecule has 0 bridgehead atoms. The standard InChI is InChI=1S/C18H32O3/c1-6-21-17(20)12-14(4)15-8-7-9-16(19)18(15,5)11-10-13(2)3/h14-16,19H,2,6-12H2,1,3-5H3/t14?,15?,16-,18-/m0/s1. The predicted molar refractivity (Wildman–Crippen MR) is 85.9 cm³/mol. The molecule has 0 aliphatic heterocycles. The van der Waals surface area contributed by atoms with Gasteiger partial charge in [-0.25, -0.2) is 0 Å². The number of aliphatic hydroxyl groups excluding tert-OH is 1. The van der Waals surface area contributed by atoms with Crippen LogP contribution in [0, 0.1) is 17.3 Å². The number of esters is 1. The fraction of sp³-hybridized carbons (Fsp3) is 0.833. The smallest absolute Gasteiger partial charge is 0.306 e. The first-order valence-corrected chi connectivity index (χ1v) is 8.29. The molecule has 4 atom stereocenters. The van der Waals surface area contributed by atoms with Crippen LogP contribution in [0.15, 0.2) is 12.2 Å². The summed E-state index contributed by atoms with van der Waals surface area (Å²) in [6.07, 6.45) is 5.06. The fourth-order valence-electron chi connectivity index (χ4n) is 3.83. The second-order valence-electron chi connectivity index (χ2n) is 7.00. The van der Waals surface area contributed by atoms with Crippen LogP contribution < -0.4 is 0 Å². The summed E-state index contributed by atoms with van der Waals surface area (Å²) in [7, 11) is 0. The van der Waals surface area contributed by atoms with Gasteiger partial charge in [-0.15, -0.1) is 6.58 Å².